The second-order valence-electron chi connectivity index (χ2n) is 4.96. The monoisotopic (exact) mass is 315 g/mol. The van der Waals surface area contributed by atoms with Crippen LogP contribution in [0.1, 0.15) is 15.9 Å². The van der Waals surface area contributed by atoms with Gasteiger partial charge in [-0.05, 0) is 31.2 Å². The van der Waals surface area contributed by atoms with E-state index in [0.717, 1.165) is 5.75 Å². The molecule has 0 spiro atoms. The van der Waals surface area contributed by atoms with E-state index >= 15 is 0 Å². The average molecular weight is 315 g/mol. The molecule has 0 saturated carbocycles. The molecule has 0 aromatic heterocycles. The summed E-state index contributed by atoms with van der Waals surface area (Å²) in [5.74, 6) is 1.85. The van der Waals surface area contributed by atoms with E-state index < -0.39 is 0 Å². The first-order valence-electron chi connectivity index (χ1n) is 7.10. The summed E-state index contributed by atoms with van der Waals surface area (Å²) in [6, 6.07) is 13.7. The molecule has 0 fully saturated rings. The maximum Gasteiger partial charge on any atom is 0.255 e. The van der Waals surface area contributed by atoms with E-state index in [0.29, 0.717) is 23.6 Å². The standard InChI is InChI=1S/C17H17NO3S/c1-12-5-7-13(8-6-12)22-10-9-18-17(19)14-3-2-4-15-16(14)21-11-20-15/h2-8H,9-11H2,1H3,(H,18,19). The van der Waals surface area contributed by atoms with Crippen LogP contribution in [0.15, 0.2) is 47.4 Å². The lowest BCUT2D eigenvalue weighted by molar-refractivity contribution is 0.0951. The number of fused-ring (bicyclic) bond motifs is 1. The number of amides is 1. The van der Waals surface area contributed by atoms with Crippen LogP contribution in [-0.2, 0) is 0 Å². The number of rotatable bonds is 5. The summed E-state index contributed by atoms with van der Waals surface area (Å²) in [6.07, 6.45) is 0. The molecule has 1 N–H and O–H groups in total. The Bertz CT molecular complexity index is 670. The van der Waals surface area contributed by atoms with Crippen molar-refractivity contribution in [2.24, 2.45) is 0 Å². The molecule has 2 aromatic rings. The molecule has 1 amide bonds. The van der Waals surface area contributed by atoms with E-state index in [2.05, 4.69) is 36.5 Å². The maximum absolute atomic E-state index is 12.2. The van der Waals surface area contributed by atoms with Crippen LogP contribution in [0.25, 0.3) is 0 Å². The van der Waals surface area contributed by atoms with Crippen LogP contribution in [0.4, 0.5) is 0 Å². The fraction of sp³-hybridized carbons (Fsp3) is 0.235. The van der Waals surface area contributed by atoms with Crippen molar-refractivity contribution in [2.75, 3.05) is 19.1 Å². The van der Waals surface area contributed by atoms with Crippen molar-refractivity contribution in [3.8, 4) is 11.5 Å². The van der Waals surface area contributed by atoms with Crippen molar-refractivity contribution < 1.29 is 14.3 Å². The molecule has 0 radical (unpaired) electrons. The van der Waals surface area contributed by atoms with Gasteiger partial charge in [0.1, 0.15) is 0 Å². The predicted molar refractivity (Wildman–Crippen MR) is 86.8 cm³/mol. The first kappa shape index (κ1) is 14.8. The normalized spacial score (nSPS) is 12.2. The molecule has 0 aliphatic carbocycles. The van der Waals surface area contributed by atoms with Crippen LogP contribution in [0.2, 0.25) is 0 Å². The number of ether oxygens (including phenoxy) is 2. The highest BCUT2D eigenvalue weighted by molar-refractivity contribution is 7.99. The summed E-state index contributed by atoms with van der Waals surface area (Å²) in [5.41, 5.74) is 1.77. The van der Waals surface area contributed by atoms with Gasteiger partial charge in [-0.3, -0.25) is 4.79 Å². The van der Waals surface area contributed by atoms with E-state index in [-0.39, 0.29) is 12.7 Å². The molecule has 1 aliphatic rings. The molecule has 2 aromatic carbocycles. The Hall–Kier alpha value is -2.14. The van der Waals surface area contributed by atoms with Gasteiger partial charge in [-0.2, -0.15) is 0 Å². The predicted octanol–water partition coefficient (Wildman–Crippen LogP) is 3.25. The van der Waals surface area contributed by atoms with Crippen molar-refractivity contribution in [2.45, 2.75) is 11.8 Å². The fourth-order valence-electron chi connectivity index (χ4n) is 2.17. The lowest BCUT2D eigenvalue weighted by Gasteiger charge is -2.07. The molecular weight excluding hydrogens is 298 g/mol. The molecular formula is C17H17NO3S. The Morgan fingerprint density at radius 2 is 2.00 bits per heavy atom. The van der Waals surface area contributed by atoms with Crippen molar-refractivity contribution >= 4 is 17.7 Å². The van der Waals surface area contributed by atoms with Crippen molar-refractivity contribution in [1.29, 1.82) is 0 Å². The summed E-state index contributed by atoms with van der Waals surface area (Å²) in [5, 5.41) is 2.91. The van der Waals surface area contributed by atoms with E-state index in [9.17, 15) is 4.79 Å². The quantitative estimate of drug-likeness (QED) is 0.680. The third kappa shape index (κ3) is 3.36. The van der Waals surface area contributed by atoms with Gasteiger partial charge >= 0.3 is 0 Å². The van der Waals surface area contributed by atoms with E-state index in [4.69, 9.17) is 9.47 Å². The zero-order valence-corrected chi connectivity index (χ0v) is 13.1. The SMILES string of the molecule is Cc1ccc(SCCNC(=O)c2cccc3c2OCO3)cc1. The second kappa shape index (κ2) is 6.75. The van der Waals surface area contributed by atoms with Gasteiger partial charge in [0.15, 0.2) is 11.5 Å². The van der Waals surface area contributed by atoms with Gasteiger partial charge in [0, 0.05) is 17.2 Å². The Balaban J connectivity index is 1.51. The number of thioether (sulfide) groups is 1. The topological polar surface area (TPSA) is 47.6 Å². The lowest BCUT2D eigenvalue weighted by Crippen LogP contribution is -2.26. The van der Waals surface area contributed by atoms with Gasteiger partial charge in [0.2, 0.25) is 6.79 Å². The Labute approximate surface area is 133 Å². The third-order valence-electron chi connectivity index (χ3n) is 3.32. The van der Waals surface area contributed by atoms with Crippen molar-refractivity contribution in [3.63, 3.8) is 0 Å². The average Bonchev–Trinajstić information content (AvgIpc) is 3.01. The molecule has 1 aliphatic heterocycles. The molecule has 114 valence electrons. The minimum atomic E-state index is -0.133. The van der Waals surface area contributed by atoms with Crippen molar-refractivity contribution in [1.82, 2.24) is 5.32 Å². The molecule has 0 unspecified atom stereocenters. The van der Waals surface area contributed by atoms with E-state index in [1.54, 1.807) is 30.0 Å². The number of para-hydroxylation sites is 1. The van der Waals surface area contributed by atoms with E-state index in [1.807, 2.05) is 0 Å². The summed E-state index contributed by atoms with van der Waals surface area (Å²) < 4.78 is 10.6. The van der Waals surface area contributed by atoms with Crippen LogP contribution in [-0.4, -0.2) is 25.0 Å². The van der Waals surface area contributed by atoms with Gasteiger partial charge in [-0.15, -0.1) is 11.8 Å². The minimum Gasteiger partial charge on any atom is -0.454 e. The van der Waals surface area contributed by atoms with Gasteiger partial charge in [-0.1, -0.05) is 23.8 Å². The molecule has 3 rings (SSSR count). The Morgan fingerprint density at radius 3 is 2.82 bits per heavy atom. The summed E-state index contributed by atoms with van der Waals surface area (Å²) in [4.78, 5) is 13.4. The Kier molecular flexibility index (Phi) is 4.53. The highest BCUT2D eigenvalue weighted by Crippen LogP contribution is 2.35. The van der Waals surface area contributed by atoms with Gasteiger partial charge in [0.05, 0.1) is 5.56 Å². The van der Waals surface area contributed by atoms with Gasteiger partial charge < -0.3 is 14.8 Å². The summed E-state index contributed by atoms with van der Waals surface area (Å²) in [7, 11) is 0. The maximum atomic E-state index is 12.2. The van der Waals surface area contributed by atoms with Crippen LogP contribution >= 0.6 is 11.8 Å². The van der Waals surface area contributed by atoms with Crippen LogP contribution < -0.4 is 14.8 Å². The fourth-order valence-corrected chi connectivity index (χ4v) is 2.94. The van der Waals surface area contributed by atoms with Crippen LogP contribution in [0.5, 0.6) is 11.5 Å². The largest absolute Gasteiger partial charge is 0.454 e. The number of aryl methyl sites for hydroxylation is 1. The molecule has 0 atom stereocenters. The van der Waals surface area contributed by atoms with Crippen LogP contribution in [0.3, 0.4) is 0 Å². The molecule has 0 bridgehead atoms. The molecule has 5 heteroatoms. The lowest BCUT2D eigenvalue weighted by atomic mass is 10.2. The number of carbonyl (C=O) groups excluding carboxylic acids is 1. The van der Waals surface area contributed by atoms with E-state index in [1.165, 1.54) is 10.5 Å². The number of benzene rings is 2. The summed E-state index contributed by atoms with van der Waals surface area (Å²) in [6.45, 7) is 2.84. The van der Waals surface area contributed by atoms with Crippen molar-refractivity contribution in [3.05, 3.63) is 53.6 Å². The first-order chi connectivity index (χ1) is 10.7. The zero-order chi connectivity index (χ0) is 15.4. The number of hydrogen-bond donors (Lipinski definition) is 1. The number of carbonyl (C=O) groups is 1. The van der Waals surface area contributed by atoms with Gasteiger partial charge in [-0.25, -0.2) is 0 Å². The first-order valence-corrected chi connectivity index (χ1v) is 8.09. The number of hydrogen-bond acceptors (Lipinski definition) is 4. The Morgan fingerprint density at radius 1 is 1.18 bits per heavy atom. The zero-order valence-electron chi connectivity index (χ0n) is 12.3. The summed E-state index contributed by atoms with van der Waals surface area (Å²) >= 11 is 1.72. The van der Waals surface area contributed by atoms with Crippen LogP contribution in [0, 0.1) is 6.92 Å². The highest BCUT2D eigenvalue weighted by atomic mass is 32.2. The minimum absolute atomic E-state index is 0.133. The number of nitrogens with one attached hydrogen (secondary N) is 1. The smallest absolute Gasteiger partial charge is 0.255 e. The highest BCUT2D eigenvalue weighted by Gasteiger charge is 2.21. The molecule has 4 nitrogen and oxygen atoms in total. The molecule has 0 saturated heterocycles. The molecule has 1 heterocycles. The second-order valence-corrected chi connectivity index (χ2v) is 6.13. The third-order valence-corrected chi connectivity index (χ3v) is 4.33. The van der Waals surface area contributed by atoms with Gasteiger partial charge in [0.25, 0.3) is 5.91 Å². The molecule has 22 heavy (non-hydrogen) atoms.